The van der Waals surface area contributed by atoms with Crippen molar-refractivity contribution in [2.24, 2.45) is 0 Å². The van der Waals surface area contributed by atoms with Crippen LogP contribution < -0.4 is 5.32 Å². The second kappa shape index (κ2) is 10.0. The second-order valence-electron chi connectivity index (χ2n) is 9.31. The fraction of sp³-hybridized carbons (Fsp3) is 0.640. The molecule has 1 N–H and O–H groups in total. The van der Waals surface area contributed by atoms with Gasteiger partial charge >= 0.3 is 0 Å². The quantitative estimate of drug-likeness (QED) is 0.663. The molecular formula is C25H36N4O3. The minimum atomic E-state index is -0.970. The lowest BCUT2D eigenvalue weighted by Crippen LogP contribution is -2.65. The maximum absolute atomic E-state index is 13.7. The van der Waals surface area contributed by atoms with Crippen LogP contribution in [0, 0.1) is 0 Å². The topological polar surface area (TPSA) is 76.5 Å². The Morgan fingerprint density at radius 1 is 1.19 bits per heavy atom. The average molecular weight is 441 g/mol. The van der Waals surface area contributed by atoms with E-state index in [1.165, 1.54) is 19.3 Å². The largest absolute Gasteiger partial charge is 0.382 e. The summed E-state index contributed by atoms with van der Waals surface area (Å²) < 4.78 is 7.42. The number of nitrogens with zero attached hydrogens (tertiary/aromatic N) is 3. The first-order chi connectivity index (χ1) is 15.5. The maximum atomic E-state index is 13.7. The van der Waals surface area contributed by atoms with E-state index in [9.17, 15) is 9.59 Å². The van der Waals surface area contributed by atoms with Gasteiger partial charge in [0.05, 0.1) is 17.6 Å². The molecule has 2 heterocycles. The molecule has 1 aromatic carbocycles. The molecule has 1 aliphatic heterocycles. The van der Waals surface area contributed by atoms with E-state index in [-0.39, 0.29) is 17.9 Å². The number of nitrogens with one attached hydrogen (secondary N) is 1. The van der Waals surface area contributed by atoms with E-state index in [2.05, 4.69) is 10.3 Å². The first kappa shape index (κ1) is 22.8. The van der Waals surface area contributed by atoms with Gasteiger partial charge in [0.25, 0.3) is 5.91 Å². The van der Waals surface area contributed by atoms with Gasteiger partial charge in [-0.3, -0.25) is 9.59 Å². The average Bonchev–Trinajstić information content (AvgIpc) is 3.13. The van der Waals surface area contributed by atoms with Gasteiger partial charge in [-0.1, -0.05) is 44.2 Å². The Labute approximate surface area is 190 Å². The van der Waals surface area contributed by atoms with Crippen molar-refractivity contribution in [1.82, 2.24) is 19.8 Å². The Kier molecular flexibility index (Phi) is 7.13. The maximum Gasteiger partial charge on any atom is 0.290 e. The number of carbonyl (C=O) groups excluding carboxylic acids is 2. The van der Waals surface area contributed by atoms with E-state index in [0.717, 1.165) is 36.7 Å². The normalized spacial score (nSPS) is 22.4. The van der Waals surface area contributed by atoms with E-state index in [0.29, 0.717) is 38.5 Å². The summed E-state index contributed by atoms with van der Waals surface area (Å²) in [7, 11) is 0. The van der Waals surface area contributed by atoms with E-state index < -0.39 is 5.54 Å². The zero-order valence-electron chi connectivity index (χ0n) is 19.4. The highest BCUT2D eigenvalue weighted by atomic mass is 16.5. The molecule has 1 saturated carbocycles. The molecule has 4 rings (SSSR count). The van der Waals surface area contributed by atoms with Crippen LogP contribution in [0.5, 0.6) is 0 Å². The molecular weight excluding hydrogens is 404 g/mol. The number of ether oxygens (including phenoxy) is 1. The van der Waals surface area contributed by atoms with Crippen LogP contribution in [-0.4, -0.2) is 57.6 Å². The molecule has 7 nitrogen and oxygen atoms in total. The number of aromatic nitrogens is 2. The standard InChI is InChI=1S/C25H36N4O3/c1-3-32-17-11-16-29-23(30)22-27-20-14-9-10-15-21(20)28(22)18-25(29,2)24(31)26-19-12-7-5-4-6-8-13-19/h9-10,14-15,19H,3-8,11-13,16-18H2,1-2H3,(H,26,31). The van der Waals surface area contributed by atoms with Crippen molar-refractivity contribution in [2.45, 2.75) is 83.3 Å². The molecule has 2 aliphatic rings. The van der Waals surface area contributed by atoms with Crippen LogP contribution in [0.3, 0.4) is 0 Å². The fourth-order valence-corrected chi connectivity index (χ4v) is 5.09. The first-order valence-corrected chi connectivity index (χ1v) is 12.2. The highest BCUT2D eigenvalue weighted by Gasteiger charge is 2.48. The Morgan fingerprint density at radius 3 is 2.66 bits per heavy atom. The van der Waals surface area contributed by atoms with Crippen LogP contribution in [0.4, 0.5) is 0 Å². The molecule has 0 bridgehead atoms. The van der Waals surface area contributed by atoms with Gasteiger partial charge in [0, 0.05) is 25.8 Å². The number of amides is 2. The molecule has 2 aromatic rings. The molecule has 0 radical (unpaired) electrons. The van der Waals surface area contributed by atoms with Gasteiger partial charge in [-0.25, -0.2) is 4.98 Å². The number of hydrogen-bond acceptors (Lipinski definition) is 4. The molecule has 1 atom stereocenters. The van der Waals surface area contributed by atoms with Gasteiger partial charge in [-0.15, -0.1) is 0 Å². The van der Waals surface area contributed by atoms with Crippen LogP contribution in [0.2, 0.25) is 0 Å². The summed E-state index contributed by atoms with van der Waals surface area (Å²) >= 11 is 0. The molecule has 0 spiro atoms. The molecule has 1 aliphatic carbocycles. The molecule has 2 amide bonds. The molecule has 1 aromatic heterocycles. The van der Waals surface area contributed by atoms with E-state index in [1.54, 1.807) is 4.90 Å². The van der Waals surface area contributed by atoms with Crippen molar-refractivity contribution in [2.75, 3.05) is 19.8 Å². The number of fused-ring (bicyclic) bond motifs is 3. The lowest BCUT2D eigenvalue weighted by molar-refractivity contribution is -0.133. The predicted octanol–water partition coefficient (Wildman–Crippen LogP) is 3.91. The SMILES string of the molecule is CCOCCCN1C(=O)c2nc3ccccc3n2CC1(C)C(=O)NC1CCCCCCC1. The third-order valence-electron chi connectivity index (χ3n) is 6.96. The molecule has 174 valence electrons. The number of benzene rings is 1. The van der Waals surface area contributed by atoms with Gasteiger partial charge in [0.2, 0.25) is 5.91 Å². The van der Waals surface area contributed by atoms with Gasteiger partial charge in [-0.05, 0) is 45.2 Å². The summed E-state index contributed by atoms with van der Waals surface area (Å²) in [6.45, 7) is 5.95. The summed E-state index contributed by atoms with van der Waals surface area (Å²) in [5, 5.41) is 3.32. The molecule has 1 unspecified atom stereocenters. The van der Waals surface area contributed by atoms with Crippen LogP contribution >= 0.6 is 0 Å². The third kappa shape index (κ3) is 4.53. The summed E-state index contributed by atoms with van der Waals surface area (Å²) in [6.07, 6.45) is 8.76. The number of imidazole rings is 1. The lowest BCUT2D eigenvalue weighted by Gasteiger charge is -2.44. The Hall–Kier alpha value is -2.41. The Morgan fingerprint density at radius 2 is 1.91 bits per heavy atom. The van der Waals surface area contributed by atoms with Gasteiger partial charge in [-0.2, -0.15) is 0 Å². The summed E-state index contributed by atoms with van der Waals surface area (Å²) in [5.41, 5.74) is 0.715. The monoisotopic (exact) mass is 440 g/mol. The molecule has 0 saturated heterocycles. The minimum absolute atomic E-state index is 0.0590. The number of hydrogen-bond donors (Lipinski definition) is 1. The number of rotatable bonds is 7. The smallest absolute Gasteiger partial charge is 0.290 e. The minimum Gasteiger partial charge on any atom is -0.382 e. The van der Waals surface area contributed by atoms with Crippen LogP contribution in [-0.2, 0) is 16.1 Å². The molecule has 32 heavy (non-hydrogen) atoms. The number of para-hydroxylation sites is 2. The van der Waals surface area contributed by atoms with Crippen molar-refractivity contribution in [3.05, 3.63) is 30.1 Å². The van der Waals surface area contributed by atoms with Crippen molar-refractivity contribution >= 4 is 22.8 Å². The fourth-order valence-electron chi connectivity index (χ4n) is 5.09. The van der Waals surface area contributed by atoms with Crippen LogP contribution in [0.25, 0.3) is 11.0 Å². The van der Waals surface area contributed by atoms with E-state index >= 15 is 0 Å². The second-order valence-corrected chi connectivity index (χ2v) is 9.31. The Balaban J connectivity index is 1.62. The van der Waals surface area contributed by atoms with E-state index in [1.807, 2.05) is 42.7 Å². The zero-order chi connectivity index (χ0) is 22.6. The highest BCUT2D eigenvalue weighted by molar-refractivity contribution is 6.01. The van der Waals surface area contributed by atoms with Crippen molar-refractivity contribution in [1.29, 1.82) is 0 Å². The first-order valence-electron chi connectivity index (χ1n) is 12.2. The number of carbonyl (C=O) groups is 2. The van der Waals surface area contributed by atoms with Crippen LogP contribution in [0.1, 0.15) is 75.8 Å². The third-order valence-corrected chi connectivity index (χ3v) is 6.96. The van der Waals surface area contributed by atoms with Gasteiger partial charge < -0.3 is 19.5 Å². The van der Waals surface area contributed by atoms with Crippen molar-refractivity contribution in [3.8, 4) is 0 Å². The van der Waals surface area contributed by atoms with Crippen LogP contribution in [0.15, 0.2) is 24.3 Å². The highest BCUT2D eigenvalue weighted by Crippen LogP contribution is 2.31. The predicted molar refractivity (Wildman–Crippen MR) is 125 cm³/mol. The van der Waals surface area contributed by atoms with Crippen molar-refractivity contribution < 1.29 is 14.3 Å². The molecule has 7 heteroatoms. The zero-order valence-corrected chi connectivity index (χ0v) is 19.4. The van der Waals surface area contributed by atoms with Gasteiger partial charge in [0.1, 0.15) is 5.54 Å². The summed E-state index contributed by atoms with van der Waals surface area (Å²) in [6, 6.07) is 7.94. The lowest BCUT2D eigenvalue weighted by atomic mass is 9.92. The summed E-state index contributed by atoms with van der Waals surface area (Å²) in [5.74, 6) is 0.175. The molecule has 1 fully saturated rings. The van der Waals surface area contributed by atoms with E-state index in [4.69, 9.17) is 4.74 Å². The Bertz CT molecular complexity index is 948. The summed E-state index contributed by atoms with van der Waals surface area (Å²) in [4.78, 5) is 33.6. The van der Waals surface area contributed by atoms with Crippen molar-refractivity contribution in [3.63, 3.8) is 0 Å². The van der Waals surface area contributed by atoms with Gasteiger partial charge in [0.15, 0.2) is 5.82 Å².